The number of carbonyl (C=O) groups excluding carboxylic acids is 5. The van der Waals surface area contributed by atoms with Gasteiger partial charge >= 0.3 is 11.9 Å². The number of nitrogens with zero attached hydrogens (tertiary/aromatic N) is 2. The predicted molar refractivity (Wildman–Crippen MR) is 215 cm³/mol. The SMILES string of the molecule is CC[C@@]1(O)C(=O)OCc2c1cc1n(c2=O)Cc2cc3c(CCCCOCNC(=O)[C@H](C)NC(=O)[C@@H](NC(=O)CNC(=O)CCCCC(=O)O)C(C)C)c(C)c(F)cc3nc2-1. The molecule has 18 heteroatoms. The number of amides is 4. The van der Waals surface area contributed by atoms with Crippen molar-refractivity contribution in [3.63, 3.8) is 0 Å². The van der Waals surface area contributed by atoms with Crippen LogP contribution in [0.2, 0.25) is 0 Å². The van der Waals surface area contributed by atoms with E-state index >= 15 is 4.39 Å². The van der Waals surface area contributed by atoms with Gasteiger partial charge in [-0.2, -0.15) is 0 Å². The number of aliphatic carboxylic acids is 1. The molecule has 6 N–H and O–H groups in total. The molecular weight excluding hydrogens is 783 g/mol. The molecule has 0 spiro atoms. The van der Waals surface area contributed by atoms with Crippen LogP contribution in [0.1, 0.15) is 100 Å². The van der Waals surface area contributed by atoms with Gasteiger partial charge in [0.25, 0.3) is 5.56 Å². The lowest BCUT2D eigenvalue weighted by Gasteiger charge is -2.31. The first-order valence-corrected chi connectivity index (χ1v) is 20.2. The first kappa shape index (κ1) is 45.3. The standard InChI is InChI=1S/C42H53FN6O11/c1-6-42(58)29-16-32-37-25(19-49(32)40(56)28(29)20-60-41(42)57)15-27-26(23(4)30(43)17-31(27)47-37)11-9-10-14-59-21-45-38(54)24(5)46-39(55)36(22(2)3)48-34(51)18-44-33(50)12-7-8-13-35(52)53/h15-17,22,24,36,58H,6-14,18-21H2,1-5H3,(H,44,50)(H,45,54)(H,46,55)(H,48,51)(H,52,53)/t24-,36-,42-/m0/s1. The van der Waals surface area contributed by atoms with Crippen LogP contribution >= 0.6 is 0 Å². The molecule has 0 saturated heterocycles. The number of carboxylic acid groups (broad SMARTS) is 1. The van der Waals surface area contributed by atoms with Crippen LogP contribution in [0.5, 0.6) is 0 Å². The number of aromatic nitrogens is 2. The smallest absolute Gasteiger partial charge is 0.343 e. The number of hydrogen-bond donors (Lipinski definition) is 6. The molecule has 1 aromatic carbocycles. The number of pyridine rings is 2. The number of carboxylic acids is 1. The molecule has 0 bridgehead atoms. The van der Waals surface area contributed by atoms with Crippen molar-refractivity contribution in [3.05, 3.63) is 62.2 Å². The number of benzene rings is 1. The third-order valence-corrected chi connectivity index (χ3v) is 11.0. The fraction of sp³-hybridized carbons (Fsp3) is 0.524. The normalized spacial score (nSPS) is 16.3. The lowest BCUT2D eigenvalue weighted by atomic mass is 9.86. The number of aryl methyl sites for hydroxylation is 1. The van der Waals surface area contributed by atoms with Gasteiger partial charge in [0.05, 0.1) is 35.6 Å². The third kappa shape index (κ3) is 10.2. The van der Waals surface area contributed by atoms with E-state index in [0.29, 0.717) is 54.6 Å². The van der Waals surface area contributed by atoms with Crippen LogP contribution in [0.3, 0.4) is 0 Å². The zero-order chi connectivity index (χ0) is 43.9. The maximum atomic E-state index is 15.3. The highest BCUT2D eigenvalue weighted by Crippen LogP contribution is 2.39. The number of carbonyl (C=O) groups is 6. The number of aliphatic hydroxyl groups is 1. The number of unbranched alkanes of at least 4 members (excludes halogenated alkanes) is 2. The van der Waals surface area contributed by atoms with Gasteiger partial charge in [-0.3, -0.25) is 28.8 Å². The summed E-state index contributed by atoms with van der Waals surface area (Å²) in [5.74, 6) is -4.64. The Morgan fingerprint density at radius 1 is 0.983 bits per heavy atom. The van der Waals surface area contributed by atoms with Gasteiger partial charge in [-0.25, -0.2) is 14.2 Å². The Kier molecular flexibility index (Phi) is 14.8. The molecule has 0 fully saturated rings. The van der Waals surface area contributed by atoms with Gasteiger partial charge in [-0.1, -0.05) is 20.8 Å². The Hall–Kier alpha value is -5.75. The molecule has 4 amide bonds. The van der Waals surface area contributed by atoms with Gasteiger partial charge < -0.3 is 45.5 Å². The summed E-state index contributed by atoms with van der Waals surface area (Å²) in [7, 11) is 0. The van der Waals surface area contributed by atoms with E-state index in [2.05, 4.69) is 21.3 Å². The van der Waals surface area contributed by atoms with Crippen molar-refractivity contribution in [1.82, 2.24) is 30.8 Å². The van der Waals surface area contributed by atoms with E-state index in [1.54, 1.807) is 33.8 Å². The van der Waals surface area contributed by atoms with Gasteiger partial charge in [0, 0.05) is 42.0 Å². The molecule has 5 rings (SSSR count). The molecule has 0 radical (unpaired) electrons. The van der Waals surface area contributed by atoms with Crippen molar-refractivity contribution in [2.75, 3.05) is 19.9 Å². The van der Waals surface area contributed by atoms with Crippen LogP contribution in [-0.2, 0) is 63.4 Å². The molecule has 324 valence electrons. The topological polar surface area (TPSA) is 244 Å². The summed E-state index contributed by atoms with van der Waals surface area (Å²) in [6.07, 6.45) is 2.42. The highest BCUT2D eigenvalue weighted by molar-refractivity contribution is 5.93. The largest absolute Gasteiger partial charge is 0.481 e. The molecule has 2 aliphatic rings. The van der Waals surface area contributed by atoms with E-state index in [1.165, 1.54) is 17.6 Å². The Bertz CT molecular complexity index is 2240. The van der Waals surface area contributed by atoms with Crippen LogP contribution in [0.4, 0.5) is 4.39 Å². The number of esters is 1. The lowest BCUT2D eigenvalue weighted by molar-refractivity contribution is -0.172. The average Bonchev–Trinajstić information content (AvgIpc) is 3.56. The summed E-state index contributed by atoms with van der Waals surface area (Å²) in [5.41, 5.74) is 1.41. The zero-order valence-electron chi connectivity index (χ0n) is 34.5. The van der Waals surface area contributed by atoms with Crippen molar-refractivity contribution in [2.24, 2.45) is 5.92 Å². The Morgan fingerprint density at radius 3 is 2.42 bits per heavy atom. The van der Waals surface area contributed by atoms with Gasteiger partial charge in [-0.15, -0.1) is 0 Å². The van der Waals surface area contributed by atoms with E-state index in [9.17, 15) is 38.7 Å². The second-order valence-corrected chi connectivity index (χ2v) is 15.6. The van der Waals surface area contributed by atoms with Crippen LogP contribution < -0.4 is 26.8 Å². The number of fused-ring (bicyclic) bond motifs is 5. The molecule has 3 aromatic rings. The molecule has 4 heterocycles. The second kappa shape index (κ2) is 19.5. The first-order valence-electron chi connectivity index (χ1n) is 20.2. The maximum absolute atomic E-state index is 15.3. The number of cyclic esters (lactones) is 1. The number of ether oxygens (including phenoxy) is 2. The predicted octanol–water partition coefficient (Wildman–Crippen LogP) is 2.35. The van der Waals surface area contributed by atoms with Crippen LogP contribution in [0, 0.1) is 18.7 Å². The molecule has 0 saturated carbocycles. The Labute approximate surface area is 345 Å². The van der Waals surface area contributed by atoms with Crippen LogP contribution in [0.15, 0.2) is 23.0 Å². The van der Waals surface area contributed by atoms with E-state index < -0.39 is 59.1 Å². The van der Waals surface area contributed by atoms with Gasteiger partial charge in [0.2, 0.25) is 23.6 Å². The van der Waals surface area contributed by atoms with Gasteiger partial charge in [0.15, 0.2) is 5.60 Å². The van der Waals surface area contributed by atoms with Crippen LogP contribution in [0.25, 0.3) is 22.3 Å². The minimum absolute atomic E-state index is 0.0176. The van der Waals surface area contributed by atoms with Crippen molar-refractivity contribution < 1.29 is 52.8 Å². The summed E-state index contributed by atoms with van der Waals surface area (Å²) in [6, 6.07) is 2.95. The fourth-order valence-corrected chi connectivity index (χ4v) is 7.39. The molecule has 2 aliphatic heterocycles. The van der Waals surface area contributed by atoms with E-state index in [4.69, 9.17) is 19.6 Å². The summed E-state index contributed by atoms with van der Waals surface area (Å²) < 4.78 is 27.6. The molecule has 2 aromatic heterocycles. The average molecular weight is 837 g/mol. The molecule has 60 heavy (non-hydrogen) atoms. The van der Waals surface area contributed by atoms with E-state index in [0.717, 1.165) is 16.5 Å². The molecule has 0 aliphatic carbocycles. The third-order valence-electron chi connectivity index (χ3n) is 11.0. The van der Waals surface area contributed by atoms with Crippen molar-refractivity contribution in [1.29, 1.82) is 0 Å². The Morgan fingerprint density at radius 2 is 1.72 bits per heavy atom. The Balaban J connectivity index is 1.09. The summed E-state index contributed by atoms with van der Waals surface area (Å²) in [6.45, 7) is 8.01. The second-order valence-electron chi connectivity index (χ2n) is 15.6. The highest BCUT2D eigenvalue weighted by atomic mass is 19.1. The summed E-state index contributed by atoms with van der Waals surface area (Å²) in [5, 5.41) is 30.8. The van der Waals surface area contributed by atoms with Crippen LogP contribution in [-0.4, -0.2) is 87.3 Å². The lowest BCUT2D eigenvalue weighted by Crippen LogP contribution is -2.55. The van der Waals surface area contributed by atoms with Crippen molar-refractivity contribution in [3.8, 4) is 11.4 Å². The monoisotopic (exact) mass is 836 g/mol. The summed E-state index contributed by atoms with van der Waals surface area (Å²) in [4.78, 5) is 91.6. The summed E-state index contributed by atoms with van der Waals surface area (Å²) >= 11 is 0. The van der Waals surface area contributed by atoms with Gasteiger partial charge in [0.1, 0.15) is 31.2 Å². The number of halogens is 1. The van der Waals surface area contributed by atoms with Crippen molar-refractivity contribution in [2.45, 2.75) is 117 Å². The van der Waals surface area contributed by atoms with E-state index in [-0.39, 0.29) is 74.9 Å². The maximum Gasteiger partial charge on any atom is 0.343 e. The first-order chi connectivity index (χ1) is 28.5. The van der Waals surface area contributed by atoms with E-state index in [1.807, 2.05) is 6.07 Å². The van der Waals surface area contributed by atoms with Gasteiger partial charge in [-0.05, 0) is 81.5 Å². The highest BCUT2D eigenvalue weighted by Gasteiger charge is 2.45. The number of nitrogens with one attached hydrogen (secondary N) is 4. The molecule has 17 nitrogen and oxygen atoms in total. The molecule has 0 unspecified atom stereocenters. The molecular formula is C42H53FN6O11. The minimum Gasteiger partial charge on any atom is -0.481 e. The minimum atomic E-state index is -1.96. The quantitative estimate of drug-likeness (QED) is 0.0427. The number of hydrogen-bond acceptors (Lipinski definition) is 11. The number of rotatable bonds is 20. The van der Waals surface area contributed by atoms with Crippen molar-refractivity contribution >= 4 is 46.5 Å². The fourth-order valence-electron chi connectivity index (χ4n) is 7.39. The zero-order valence-corrected chi connectivity index (χ0v) is 34.5. The molecule has 3 atom stereocenters.